The molecule has 0 radical (unpaired) electrons. The van der Waals surface area contributed by atoms with Crippen LogP contribution in [0.5, 0.6) is 0 Å². The molecule has 1 aliphatic heterocycles. The zero-order valence-electron chi connectivity index (χ0n) is 11.8. The molecule has 1 aliphatic rings. The summed E-state index contributed by atoms with van der Waals surface area (Å²) in [5.41, 5.74) is 0.197. The van der Waals surface area contributed by atoms with Crippen LogP contribution in [0, 0.1) is 5.95 Å². The van der Waals surface area contributed by atoms with Gasteiger partial charge in [0.25, 0.3) is 0 Å². The van der Waals surface area contributed by atoms with Crippen molar-refractivity contribution in [1.29, 1.82) is 0 Å². The van der Waals surface area contributed by atoms with Crippen LogP contribution in [-0.4, -0.2) is 34.2 Å². The Bertz CT molecular complexity index is 655. The van der Waals surface area contributed by atoms with E-state index in [4.69, 9.17) is 4.74 Å². The van der Waals surface area contributed by atoms with Gasteiger partial charge in [-0.3, -0.25) is 0 Å². The van der Waals surface area contributed by atoms with Crippen molar-refractivity contribution in [2.45, 2.75) is 12.2 Å². The lowest BCUT2D eigenvalue weighted by molar-refractivity contribution is -0.0951. The molecular formula is C16H15FN2O3. The first-order valence-corrected chi connectivity index (χ1v) is 6.87. The normalized spacial score (nSPS) is 16.0. The van der Waals surface area contributed by atoms with Gasteiger partial charge in [-0.05, 0) is 17.7 Å². The second-order valence-electron chi connectivity index (χ2n) is 5.30. The largest absolute Gasteiger partial charge is 0.445 e. The van der Waals surface area contributed by atoms with E-state index in [-0.39, 0.29) is 19.7 Å². The summed E-state index contributed by atoms with van der Waals surface area (Å²) in [5.74, 6) is -0.606. The van der Waals surface area contributed by atoms with Crippen LogP contribution in [0.1, 0.15) is 11.1 Å². The van der Waals surface area contributed by atoms with Crippen molar-refractivity contribution in [2.24, 2.45) is 0 Å². The molecule has 114 valence electrons. The van der Waals surface area contributed by atoms with Gasteiger partial charge < -0.3 is 14.7 Å². The van der Waals surface area contributed by atoms with Crippen LogP contribution in [0.4, 0.5) is 9.18 Å². The van der Waals surface area contributed by atoms with Crippen molar-refractivity contribution in [3.05, 3.63) is 65.7 Å². The van der Waals surface area contributed by atoms with E-state index < -0.39 is 17.6 Å². The third-order valence-corrected chi connectivity index (χ3v) is 3.63. The molecule has 1 aromatic heterocycles. The number of nitrogens with zero attached hydrogens (tertiary/aromatic N) is 2. The fourth-order valence-corrected chi connectivity index (χ4v) is 2.36. The predicted molar refractivity (Wildman–Crippen MR) is 76.3 cm³/mol. The molecule has 1 saturated heterocycles. The molecule has 0 saturated carbocycles. The van der Waals surface area contributed by atoms with E-state index in [2.05, 4.69) is 4.98 Å². The van der Waals surface area contributed by atoms with E-state index in [1.807, 2.05) is 30.3 Å². The van der Waals surface area contributed by atoms with Gasteiger partial charge in [0.15, 0.2) is 0 Å². The number of ether oxygens (including phenoxy) is 1. The first-order valence-electron chi connectivity index (χ1n) is 6.87. The SMILES string of the molecule is O=C(OCc1ccccc1)N1CC(O)(c2ccc(F)nc2)C1. The number of carbonyl (C=O) groups excluding carboxylic acids is 1. The van der Waals surface area contributed by atoms with Crippen molar-refractivity contribution >= 4 is 6.09 Å². The summed E-state index contributed by atoms with van der Waals surface area (Å²) in [6.45, 7) is 0.397. The molecule has 6 heteroatoms. The summed E-state index contributed by atoms with van der Waals surface area (Å²) in [6.07, 6.45) is 0.797. The lowest BCUT2D eigenvalue weighted by Crippen LogP contribution is -2.61. The summed E-state index contributed by atoms with van der Waals surface area (Å²) < 4.78 is 18.0. The molecule has 2 aromatic rings. The Morgan fingerprint density at radius 3 is 2.64 bits per heavy atom. The van der Waals surface area contributed by atoms with Crippen molar-refractivity contribution in [3.63, 3.8) is 0 Å². The number of carbonyl (C=O) groups is 1. The molecular weight excluding hydrogens is 287 g/mol. The first-order chi connectivity index (χ1) is 10.6. The van der Waals surface area contributed by atoms with Crippen molar-refractivity contribution in [3.8, 4) is 0 Å². The Hall–Kier alpha value is -2.47. The number of rotatable bonds is 3. The van der Waals surface area contributed by atoms with Gasteiger partial charge >= 0.3 is 6.09 Å². The number of amides is 1. The van der Waals surface area contributed by atoms with Crippen LogP contribution in [0.2, 0.25) is 0 Å². The molecule has 3 rings (SSSR count). The quantitative estimate of drug-likeness (QED) is 0.882. The first kappa shape index (κ1) is 14.5. The minimum absolute atomic E-state index is 0.105. The fourth-order valence-electron chi connectivity index (χ4n) is 2.36. The number of halogens is 1. The fraction of sp³-hybridized carbons (Fsp3) is 0.250. The van der Waals surface area contributed by atoms with Gasteiger partial charge in [-0.1, -0.05) is 30.3 Å². The second-order valence-corrected chi connectivity index (χ2v) is 5.30. The molecule has 5 nitrogen and oxygen atoms in total. The molecule has 2 heterocycles. The number of likely N-dealkylation sites (tertiary alicyclic amines) is 1. The van der Waals surface area contributed by atoms with Gasteiger partial charge in [-0.2, -0.15) is 4.39 Å². The average molecular weight is 302 g/mol. The summed E-state index contributed by atoms with van der Waals surface area (Å²) in [5, 5.41) is 10.4. The van der Waals surface area contributed by atoms with E-state index >= 15 is 0 Å². The third-order valence-electron chi connectivity index (χ3n) is 3.63. The Morgan fingerprint density at radius 1 is 1.27 bits per heavy atom. The van der Waals surface area contributed by atoms with E-state index in [1.165, 1.54) is 23.2 Å². The van der Waals surface area contributed by atoms with Gasteiger partial charge in [0.1, 0.15) is 12.2 Å². The Labute approximate surface area is 127 Å². The number of aromatic nitrogens is 1. The summed E-state index contributed by atoms with van der Waals surface area (Å²) in [6, 6.07) is 12.0. The van der Waals surface area contributed by atoms with Crippen LogP contribution in [0.25, 0.3) is 0 Å². The topological polar surface area (TPSA) is 62.7 Å². The van der Waals surface area contributed by atoms with Crippen LogP contribution >= 0.6 is 0 Å². The number of aliphatic hydroxyl groups is 1. The lowest BCUT2D eigenvalue weighted by atomic mass is 9.87. The molecule has 0 spiro atoms. The van der Waals surface area contributed by atoms with Gasteiger partial charge in [0.05, 0.1) is 13.1 Å². The lowest BCUT2D eigenvalue weighted by Gasteiger charge is -2.45. The van der Waals surface area contributed by atoms with Crippen LogP contribution in [0.15, 0.2) is 48.7 Å². The number of pyridine rings is 1. The van der Waals surface area contributed by atoms with E-state index in [9.17, 15) is 14.3 Å². The predicted octanol–water partition coefficient (Wildman–Crippen LogP) is 2.06. The Morgan fingerprint density at radius 2 is 2.00 bits per heavy atom. The molecule has 0 bridgehead atoms. The molecule has 22 heavy (non-hydrogen) atoms. The molecule has 1 N–H and O–H groups in total. The molecule has 0 atom stereocenters. The Kier molecular flexibility index (Phi) is 3.77. The van der Waals surface area contributed by atoms with Crippen LogP contribution in [-0.2, 0) is 16.9 Å². The number of benzene rings is 1. The highest BCUT2D eigenvalue weighted by atomic mass is 19.1. The van der Waals surface area contributed by atoms with Gasteiger partial charge in [0.2, 0.25) is 5.95 Å². The zero-order valence-corrected chi connectivity index (χ0v) is 11.8. The highest BCUT2D eigenvalue weighted by Crippen LogP contribution is 2.31. The maximum Gasteiger partial charge on any atom is 0.410 e. The van der Waals surface area contributed by atoms with Gasteiger partial charge in [-0.15, -0.1) is 0 Å². The molecule has 1 aromatic carbocycles. The summed E-state index contributed by atoms with van der Waals surface area (Å²) in [7, 11) is 0. The number of hydrogen-bond donors (Lipinski definition) is 1. The highest BCUT2D eigenvalue weighted by molar-refractivity contribution is 5.69. The highest BCUT2D eigenvalue weighted by Gasteiger charge is 2.46. The van der Waals surface area contributed by atoms with Crippen LogP contribution in [0.3, 0.4) is 0 Å². The molecule has 0 aliphatic carbocycles. The van der Waals surface area contributed by atoms with Crippen molar-refractivity contribution in [1.82, 2.24) is 9.88 Å². The average Bonchev–Trinajstić information content (AvgIpc) is 2.51. The van der Waals surface area contributed by atoms with E-state index in [0.29, 0.717) is 5.56 Å². The minimum Gasteiger partial charge on any atom is -0.445 e. The van der Waals surface area contributed by atoms with Crippen molar-refractivity contribution < 1.29 is 19.0 Å². The smallest absolute Gasteiger partial charge is 0.410 e. The maximum absolute atomic E-state index is 12.8. The van der Waals surface area contributed by atoms with Crippen molar-refractivity contribution in [2.75, 3.05) is 13.1 Å². The molecule has 1 fully saturated rings. The van der Waals surface area contributed by atoms with Gasteiger partial charge in [-0.25, -0.2) is 9.78 Å². The Balaban J connectivity index is 1.54. The maximum atomic E-state index is 12.8. The summed E-state index contributed by atoms with van der Waals surface area (Å²) >= 11 is 0. The summed E-state index contributed by atoms with van der Waals surface area (Å²) in [4.78, 5) is 16.8. The molecule has 0 unspecified atom stereocenters. The molecule has 1 amide bonds. The second kappa shape index (κ2) is 5.73. The van der Waals surface area contributed by atoms with E-state index in [0.717, 1.165) is 5.56 Å². The number of β-amino-alcohol motifs (C(OH)–C–C–N with tert-alkyl or cyclic N) is 1. The zero-order chi connectivity index (χ0) is 15.6. The number of hydrogen-bond acceptors (Lipinski definition) is 4. The standard InChI is InChI=1S/C16H15FN2O3/c17-14-7-6-13(8-18-14)16(21)10-19(11-16)15(20)22-9-12-4-2-1-3-5-12/h1-8,21H,9-11H2. The third kappa shape index (κ3) is 2.92. The van der Waals surface area contributed by atoms with Crippen LogP contribution < -0.4 is 0 Å². The van der Waals surface area contributed by atoms with E-state index in [1.54, 1.807) is 0 Å². The monoisotopic (exact) mass is 302 g/mol. The minimum atomic E-state index is -1.19. The van der Waals surface area contributed by atoms with Gasteiger partial charge in [0, 0.05) is 11.8 Å².